The predicted octanol–water partition coefficient (Wildman–Crippen LogP) is 2.11. The van der Waals surface area contributed by atoms with E-state index >= 15 is 0 Å². The van der Waals surface area contributed by atoms with Crippen molar-refractivity contribution < 1.29 is 9.47 Å². The zero-order valence-corrected chi connectivity index (χ0v) is 18.9. The summed E-state index contributed by atoms with van der Waals surface area (Å²) in [6.07, 6.45) is 5.18. The average Bonchev–Trinajstić information content (AvgIpc) is 3.49. The zero-order chi connectivity index (χ0) is 21.2. The molecule has 0 spiro atoms. The molecule has 0 bridgehead atoms. The van der Waals surface area contributed by atoms with Crippen molar-refractivity contribution in [3.63, 3.8) is 0 Å². The lowest BCUT2D eigenvalue weighted by atomic mass is 10.1. The van der Waals surface area contributed by atoms with E-state index in [1.165, 1.54) is 31.2 Å². The summed E-state index contributed by atoms with van der Waals surface area (Å²) < 4.78 is 10.6. The van der Waals surface area contributed by atoms with Crippen LogP contribution in [0, 0.1) is 0 Å². The van der Waals surface area contributed by atoms with Gasteiger partial charge < -0.3 is 20.1 Å². The SMILES string of the molecule is CN=C(NCCN(CCOC)C1CC1)NCC(c1ccc(OC)cc1)N1CCCC1. The largest absolute Gasteiger partial charge is 0.497 e. The van der Waals surface area contributed by atoms with Gasteiger partial charge in [0, 0.05) is 46.4 Å². The number of benzene rings is 1. The van der Waals surface area contributed by atoms with Crippen LogP contribution in [0.15, 0.2) is 29.3 Å². The van der Waals surface area contributed by atoms with Crippen LogP contribution in [0.3, 0.4) is 0 Å². The van der Waals surface area contributed by atoms with Crippen LogP contribution in [0.25, 0.3) is 0 Å². The summed E-state index contributed by atoms with van der Waals surface area (Å²) in [6, 6.07) is 9.55. The van der Waals surface area contributed by atoms with Crippen LogP contribution in [0.5, 0.6) is 5.75 Å². The zero-order valence-electron chi connectivity index (χ0n) is 18.9. The summed E-state index contributed by atoms with van der Waals surface area (Å²) in [6.45, 7) is 6.84. The molecule has 168 valence electrons. The van der Waals surface area contributed by atoms with E-state index in [0.29, 0.717) is 6.04 Å². The minimum atomic E-state index is 0.335. The number of guanidine groups is 1. The van der Waals surface area contributed by atoms with E-state index in [0.717, 1.165) is 63.6 Å². The number of nitrogens with one attached hydrogen (secondary N) is 2. The predicted molar refractivity (Wildman–Crippen MR) is 122 cm³/mol. The van der Waals surface area contributed by atoms with Crippen molar-refractivity contribution in [2.24, 2.45) is 4.99 Å². The fourth-order valence-electron chi connectivity index (χ4n) is 4.19. The van der Waals surface area contributed by atoms with Gasteiger partial charge in [-0.05, 0) is 56.5 Å². The fourth-order valence-corrected chi connectivity index (χ4v) is 4.19. The number of aliphatic imine (C=N–C) groups is 1. The van der Waals surface area contributed by atoms with Gasteiger partial charge in [-0.15, -0.1) is 0 Å². The molecule has 1 saturated heterocycles. The third-order valence-electron chi connectivity index (χ3n) is 6.11. The lowest BCUT2D eigenvalue weighted by Crippen LogP contribution is -2.45. The molecular weight excluding hydrogens is 378 g/mol. The van der Waals surface area contributed by atoms with Crippen molar-refractivity contribution in [1.82, 2.24) is 20.4 Å². The highest BCUT2D eigenvalue weighted by Gasteiger charge is 2.28. The summed E-state index contributed by atoms with van der Waals surface area (Å²) in [7, 11) is 5.33. The van der Waals surface area contributed by atoms with E-state index in [1.54, 1.807) is 14.2 Å². The van der Waals surface area contributed by atoms with Gasteiger partial charge in [0.25, 0.3) is 0 Å². The first kappa shape index (κ1) is 22.8. The van der Waals surface area contributed by atoms with E-state index in [9.17, 15) is 0 Å². The maximum Gasteiger partial charge on any atom is 0.191 e. The molecule has 7 nitrogen and oxygen atoms in total. The van der Waals surface area contributed by atoms with Gasteiger partial charge in [0.2, 0.25) is 0 Å². The molecule has 3 rings (SSSR count). The van der Waals surface area contributed by atoms with Gasteiger partial charge in [-0.1, -0.05) is 12.1 Å². The second-order valence-electron chi connectivity index (χ2n) is 8.17. The molecule has 2 N–H and O–H groups in total. The first-order valence-corrected chi connectivity index (χ1v) is 11.3. The molecule has 0 amide bonds. The Morgan fingerprint density at radius 3 is 2.47 bits per heavy atom. The van der Waals surface area contributed by atoms with Crippen molar-refractivity contribution in [2.75, 3.05) is 67.1 Å². The maximum absolute atomic E-state index is 5.33. The van der Waals surface area contributed by atoms with Gasteiger partial charge in [0.15, 0.2) is 5.96 Å². The Labute approximate surface area is 181 Å². The van der Waals surface area contributed by atoms with Crippen LogP contribution in [0.2, 0.25) is 0 Å². The summed E-state index contributed by atoms with van der Waals surface area (Å²) >= 11 is 0. The topological polar surface area (TPSA) is 61.4 Å². The van der Waals surface area contributed by atoms with Gasteiger partial charge in [-0.25, -0.2) is 0 Å². The molecule has 1 atom stereocenters. The maximum atomic E-state index is 5.33. The summed E-state index contributed by atoms with van der Waals surface area (Å²) in [5, 5.41) is 7.05. The Morgan fingerprint density at radius 1 is 1.13 bits per heavy atom. The Bertz CT molecular complexity index is 641. The second-order valence-corrected chi connectivity index (χ2v) is 8.17. The fraction of sp³-hybridized carbons (Fsp3) is 0.696. The molecule has 0 aromatic heterocycles. The minimum absolute atomic E-state index is 0.335. The van der Waals surface area contributed by atoms with Crippen LogP contribution in [0.4, 0.5) is 0 Å². The van der Waals surface area contributed by atoms with Crippen LogP contribution >= 0.6 is 0 Å². The van der Waals surface area contributed by atoms with Gasteiger partial charge in [0.1, 0.15) is 5.75 Å². The van der Waals surface area contributed by atoms with E-state index < -0.39 is 0 Å². The number of likely N-dealkylation sites (tertiary alicyclic amines) is 1. The molecule has 1 heterocycles. The van der Waals surface area contributed by atoms with Crippen molar-refractivity contribution >= 4 is 5.96 Å². The van der Waals surface area contributed by atoms with Crippen LogP contribution < -0.4 is 15.4 Å². The molecule has 1 aromatic rings. The van der Waals surface area contributed by atoms with Crippen LogP contribution in [-0.4, -0.2) is 88.9 Å². The summed E-state index contributed by atoms with van der Waals surface area (Å²) in [5.41, 5.74) is 1.32. The molecule has 0 radical (unpaired) electrons. The van der Waals surface area contributed by atoms with Gasteiger partial charge in [-0.3, -0.25) is 14.8 Å². The van der Waals surface area contributed by atoms with Crippen molar-refractivity contribution in [1.29, 1.82) is 0 Å². The quantitative estimate of drug-likeness (QED) is 0.401. The summed E-state index contributed by atoms with van der Waals surface area (Å²) in [4.78, 5) is 9.53. The Kier molecular flexibility index (Phi) is 9.24. The van der Waals surface area contributed by atoms with E-state index in [1.807, 2.05) is 7.05 Å². The molecule has 7 heteroatoms. The van der Waals surface area contributed by atoms with Gasteiger partial charge >= 0.3 is 0 Å². The number of nitrogens with zero attached hydrogens (tertiary/aromatic N) is 3. The van der Waals surface area contributed by atoms with E-state index in [4.69, 9.17) is 9.47 Å². The Morgan fingerprint density at radius 2 is 1.87 bits per heavy atom. The molecule has 2 fully saturated rings. The van der Waals surface area contributed by atoms with Crippen molar-refractivity contribution in [2.45, 2.75) is 37.8 Å². The molecule has 1 aromatic carbocycles. The minimum Gasteiger partial charge on any atom is -0.497 e. The lowest BCUT2D eigenvalue weighted by Gasteiger charge is -2.29. The molecular formula is C23H39N5O2. The Hall–Kier alpha value is -1.83. The number of rotatable bonds is 12. The first-order chi connectivity index (χ1) is 14.7. The smallest absolute Gasteiger partial charge is 0.191 e. The molecule has 30 heavy (non-hydrogen) atoms. The first-order valence-electron chi connectivity index (χ1n) is 11.3. The molecule has 2 aliphatic rings. The second kappa shape index (κ2) is 12.1. The van der Waals surface area contributed by atoms with Crippen molar-refractivity contribution in [3.05, 3.63) is 29.8 Å². The van der Waals surface area contributed by atoms with Gasteiger partial charge in [-0.2, -0.15) is 0 Å². The van der Waals surface area contributed by atoms with Gasteiger partial charge in [0.05, 0.1) is 19.8 Å². The van der Waals surface area contributed by atoms with Crippen molar-refractivity contribution in [3.8, 4) is 5.75 Å². The molecule has 1 aliphatic carbocycles. The highest BCUT2D eigenvalue weighted by molar-refractivity contribution is 5.79. The number of hydrogen-bond acceptors (Lipinski definition) is 5. The van der Waals surface area contributed by atoms with Crippen LogP contribution in [0.1, 0.15) is 37.3 Å². The third kappa shape index (κ3) is 6.86. The standard InChI is InChI=1S/C23H39N5O2/c1-24-23(25-12-15-27(16-17-29-2)20-8-9-20)26-18-22(28-13-4-5-14-28)19-6-10-21(30-3)11-7-19/h6-7,10-11,20,22H,4-5,8-9,12-18H2,1-3H3,(H2,24,25,26). The molecule has 1 aliphatic heterocycles. The van der Waals surface area contributed by atoms with E-state index in [2.05, 4.69) is 49.7 Å². The monoisotopic (exact) mass is 417 g/mol. The normalized spacial score (nSPS) is 18.6. The molecule has 1 saturated carbocycles. The lowest BCUT2D eigenvalue weighted by molar-refractivity contribution is 0.144. The van der Waals surface area contributed by atoms with Crippen LogP contribution in [-0.2, 0) is 4.74 Å². The number of hydrogen-bond donors (Lipinski definition) is 2. The Balaban J connectivity index is 1.51. The van der Waals surface area contributed by atoms with E-state index in [-0.39, 0.29) is 0 Å². The summed E-state index contributed by atoms with van der Waals surface area (Å²) in [5.74, 6) is 1.77. The average molecular weight is 418 g/mol. The highest BCUT2D eigenvalue weighted by Crippen LogP contribution is 2.27. The number of methoxy groups -OCH3 is 2. The number of ether oxygens (including phenoxy) is 2. The third-order valence-corrected chi connectivity index (χ3v) is 6.11. The highest BCUT2D eigenvalue weighted by atomic mass is 16.5. The molecule has 1 unspecified atom stereocenters.